The summed E-state index contributed by atoms with van der Waals surface area (Å²) in [7, 11) is 0. The second-order valence-electron chi connectivity index (χ2n) is 7.48. The van der Waals surface area contributed by atoms with E-state index in [0.717, 1.165) is 29.6 Å². The van der Waals surface area contributed by atoms with Crippen LogP contribution < -0.4 is 0 Å². The zero-order valence-corrected chi connectivity index (χ0v) is 11.8. The van der Waals surface area contributed by atoms with Crippen LogP contribution in [0.3, 0.4) is 0 Å². The summed E-state index contributed by atoms with van der Waals surface area (Å²) in [6.07, 6.45) is 11.6. The Labute approximate surface area is 112 Å². The maximum Gasteiger partial charge on any atom is -0.0166 e. The fraction of sp³-hybridized carbons (Fsp3) is 0.778. The second-order valence-corrected chi connectivity index (χ2v) is 7.48. The summed E-state index contributed by atoms with van der Waals surface area (Å²) >= 11 is 0. The number of hydrogen-bond donors (Lipinski definition) is 0. The van der Waals surface area contributed by atoms with Crippen molar-refractivity contribution >= 4 is 0 Å². The van der Waals surface area contributed by atoms with Gasteiger partial charge in [-0.15, -0.1) is 0 Å². The van der Waals surface area contributed by atoms with Gasteiger partial charge in [0.2, 0.25) is 0 Å². The third-order valence-electron chi connectivity index (χ3n) is 6.74. The van der Waals surface area contributed by atoms with Gasteiger partial charge < -0.3 is 0 Å². The summed E-state index contributed by atoms with van der Waals surface area (Å²) in [6, 6.07) is 0. The van der Waals surface area contributed by atoms with Crippen LogP contribution >= 0.6 is 0 Å². The minimum absolute atomic E-state index is 0.999. The zero-order chi connectivity index (χ0) is 12.3. The van der Waals surface area contributed by atoms with Crippen molar-refractivity contribution in [3.05, 3.63) is 23.3 Å². The molecule has 5 atom stereocenters. The molecule has 0 aromatic heterocycles. The fourth-order valence-electron chi connectivity index (χ4n) is 6.01. The summed E-state index contributed by atoms with van der Waals surface area (Å²) in [4.78, 5) is 0. The molecule has 3 saturated carbocycles. The summed E-state index contributed by atoms with van der Waals surface area (Å²) in [5.41, 5.74) is 5.22. The highest BCUT2D eigenvalue weighted by Gasteiger charge is 2.48. The molecule has 0 bridgehead atoms. The molecule has 0 heterocycles. The van der Waals surface area contributed by atoms with Crippen LogP contribution in [-0.4, -0.2) is 0 Å². The number of fused-ring (bicyclic) bond motifs is 5. The molecule has 0 spiro atoms. The molecular formula is C18H26. The van der Waals surface area contributed by atoms with Crippen LogP contribution in [0.4, 0.5) is 0 Å². The van der Waals surface area contributed by atoms with Crippen LogP contribution in [0.2, 0.25) is 0 Å². The Balaban J connectivity index is 1.62. The van der Waals surface area contributed by atoms with Crippen LogP contribution in [0.1, 0.15) is 58.3 Å². The lowest BCUT2D eigenvalue weighted by atomic mass is 9.58. The zero-order valence-electron chi connectivity index (χ0n) is 11.8. The van der Waals surface area contributed by atoms with Crippen LogP contribution in [0, 0.1) is 29.6 Å². The van der Waals surface area contributed by atoms with Crippen molar-refractivity contribution in [1.82, 2.24) is 0 Å². The van der Waals surface area contributed by atoms with E-state index in [1.807, 2.05) is 5.57 Å². The smallest absolute Gasteiger partial charge is 0.0166 e. The van der Waals surface area contributed by atoms with Gasteiger partial charge in [0.15, 0.2) is 0 Å². The van der Waals surface area contributed by atoms with E-state index in [9.17, 15) is 0 Å². The molecule has 4 rings (SSSR count). The third-order valence-corrected chi connectivity index (χ3v) is 6.74. The molecule has 0 aliphatic heterocycles. The molecule has 0 N–H and O–H groups in total. The van der Waals surface area contributed by atoms with Crippen LogP contribution in [-0.2, 0) is 0 Å². The van der Waals surface area contributed by atoms with Crippen LogP contribution in [0.15, 0.2) is 23.3 Å². The number of rotatable bonds is 0. The van der Waals surface area contributed by atoms with E-state index < -0.39 is 0 Å². The van der Waals surface area contributed by atoms with Gasteiger partial charge in [-0.1, -0.05) is 23.3 Å². The highest BCUT2D eigenvalue weighted by Crippen LogP contribution is 2.58. The SMILES string of the molecule is C=C1CC2[C@@H](CCC3[C@@H]2CCC2=C(C)CC[C@H]23)C1. The van der Waals surface area contributed by atoms with E-state index in [1.54, 1.807) is 11.1 Å². The Morgan fingerprint density at radius 2 is 1.78 bits per heavy atom. The van der Waals surface area contributed by atoms with E-state index in [1.165, 1.54) is 51.4 Å². The molecule has 98 valence electrons. The first-order chi connectivity index (χ1) is 8.74. The van der Waals surface area contributed by atoms with E-state index >= 15 is 0 Å². The van der Waals surface area contributed by atoms with E-state index in [0.29, 0.717) is 0 Å². The second kappa shape index (κ2) is 3.99. The minimum Gasteiger partial charge on any atom is -0.0998 e. The standard InChI is InChI=1S/C18H26/c1-11-9-13-4-6-16-15-5-3-12(2)14(15)7-8-17(16)18(13)10-11/h13,15-18H,1,3-10H2,2H3/t13-,15+,16?,17-,18?/m0/s1. The van der Waals surface area contributed by atoms with Gasteiger partial charge in [0, 0.05) is 0 Å². The van der Waals surface area contributed by atoms with Gasteiger partial charge >= 0.3 is 0 Å². The van der Waals surface area contributed by atoms with Crippen molar-refractivity contribution in [1.29, 1.82) is 0 Å². The monoisotopic (exact) mass is 242 g/mol. The van der Waals surface area contributed by atoms with E-state index in [2.05, 4.69) is 13.5 Å². The Morgan fingerprint density at radius 3 is 2.67 bits per heavy atom. The van der Waals surface area contributed by atoms with Crippen molar-refractivity contribution in [3.8, 4) is 0 Å². The molecule has 0 amide bonds. The van der Waals surface area contributed by atoms with E-state index in [4.69, 9.17) is 0 Å². The predicted molar refractivity (Wildman–Crippen MR) is 76.2 cm³/mol. The lowest BCUT2D eigenvalue weighted by Crippen LogP contribution is -2.38. The Morgan fingerprint density at radius 1 is 0.889 bits per heavy atom. The Bertz CT molecular complexity index is 414. The predicted octanol–water partition coefficient (Wildman–Crippen LogP) is 5.12. The van der Waals surface area contributed by atoms with E-state index in [-0.39, 0.29) is 0 Å². The van der Waals surface area contributed by atoms with Gasteiger partial charge in [0.05, 0.1) is 0 Å². The highest BCUT2D eigenvalue weighted by molar-refractivity contribution is 5.26. The van der Waals surface area contributed by atoms with Gasteiger partial charge in [-0.25, -0.2) is 0 Å². The van der Waals surface area contributed by atoms with Gasteiger partial charge in [0.25, 0.3) is 0 Å². The Hall–Kier alpha value is -0.520. The van der Waals surface area contributed by atoms with Crippen molar-refractivity contribution in [2.45, 2.75) is 58.3 Å². The van der Waals surface area contributed by atoms with Crippen molar-refractivity contribution < 1.29 is 0 Å². The van der Waals surface area contributed by atoms with Crippen molar-refractivity contribution in [2.75, 3.05) is 0 Å². The average molecular weight is 242 g/mol. The summed E-state index contributed by atoms with van der Waals surface area (Å²) in [6.45, 7) is 6.69. The van der Waals surface area contributed by atoms with Gasteiger partial charge in [0.1, 0.15) is 0 Å². The van der Waals surface area contributed by atoms with Gasteiger partial charge in [-0.2, -0.15) is 0 Å². The maximum atomic E-state index is 4.29. The maximum absolute atomic E-state index is 4.29. The van der Waals surface area contributed by atoms with Crippen LogP contribution in [0.5, 0.6) is 0 Å². The molecule has 2 unspecified atom stereocenters. The molecule has 0 aromatic rings. The van der Waals surface area contributed by atoms with Gasteiger partial charge in [-0.05, 0) is 87.9 Å². The number of allylic oxidation sites excluding steroid dienone is 3. The molecule has 0 saturated heterocycles. The van der Waals surface area contributed by atoms with Crippen LogP contribution in [0.25, 0.3) is 0 Å². The quantitative estimate of drug-likeness (QED) is 0.517. The lowest BCUT2D eigenvalue weighted by Gasteiger charge is -2.47. The van der Waals surface area contributed by atoms with Crippen molar-refractivity contribution in [2.24, 2.45) is 29.6 Å². The van der Waals surface area contributed by atoms with Gasteiger partial charge in [-0.3, -0.25) is 0 Å². The average Bonchev–Trinajstić information content (AvgIpc) is 2.91. The molecule has 4 aliphatic rings. The minimum atomic E-state index is 0.999. The number of hydrogen-bond acceptors (Lipinski definition) is 0. The summed E-state index contributed by atoms with van der Waals surface area (Å²) in [5, 5.41) is 0. The highest BCUT2D eigenvalue weighted by atomic mass is 14.5. The lowest BCUT2D eigenvalue weighted by molar-refractivity contribution is 0.0558. The molecule has 0 radical (unpaired) electrons. The fourth-order valence-corrected chi connectivity index (χ4v) is 6.01. The largest absolute Gasteiger partial charge is 0.0998 e. The molecule has 0 nitrogen and oxygen atoms in total. The summed E-state index contributed by atoms with van der Waals surface area (Å²) < 4.78 is 0. The molecule has 0 aromatic carbocycles. The first-order valence-corrected chi connectivity index (χ1v) is 8.09. The topological polar surface area (TPSA) is 0 Å². The first-order valence-electron chi connectivity index (χ1n) is 8.09. The molecule has 18 heavy (non-hydrogen) atoms. The molecule has 0 heteroatoms. The molecule has 4 aliphatic carbocycles. The summed E-state index contributed by atoms with van der Waals surface area (Å²) in [5.74, 6) is 5.16. The molecular weight excluding hydrogens is 216 g/mol. The third kappa shape index (κ3) is 1.50. The Kier molecular flexibility index (Phi) is 2.51. The normalized spacial score (nSPS) is 46.9. The molecule has 3 fully saturated rings. The van der Waals surface area contributed by atoms with Crippen molar-refractivity contribution in [3.63, 3.8) is 0 Å². The first kappa shape index (κ1) is 11.3.